The van der Waals surface area contributed by atoms with Crippen LogP contribution in [0.15, 0.2) is 43.8 Å². The number of aromatic amines is 1. The quantitative estimate of drug-likeness (QED) is 0.649. The SMILES string of the molecule is COCCOc1ccc(N=Nc2c(C)[nH]oc2=O)cc1. The Bertz CT molecular complexity index is 628. The van der Waals surface area contributed by atoms with E-state index in [9.17, 15) is 4.79 Å². The van der Waals surface area contributed by atoms with E-state index in [1.807, 2.05) is 0 Å². The molecule has 1 aromatic heterocycles. The van der Waals surface area contributed by atoms with Crippen LogP contribution in [0.3, 0.4) is 0 Å². The minimum Gasteiger partial charge on any atom is -0.491 e. The minimum absolute atomic E-state index is 0.172. The third-order valence-corrected chi connectivity index (χ3v) is 2.50. The van der Waals surface area contributed by atoms with Gasteiger partial charge in [0.1, 0.15) is 12.4 Å². The number of ether oxygens (including phenoxy) is 2. The summed E-state index contributed by atoms with van der Waals surface area (Å²) in [7, 11) is 1.62. The molecule has 1 aromatic carbocycles. The maximum Gasteiger partial charge on any atom is 0.384 e. The van der Waals surface area contributed by atoms with Gasteiger partial charge in [-0.3, -0.25) is 0 Å². The number of nitrogens with one attached hydrogen (secondary N) is 1. The van der Waals surface area contributed by atoms with E-state index in [0.29, 0.717) is 24.6 Å². The van der Waals surface area contributed by atoms with Gasteiger partial charge in [0.2, 0.25) is 0 Å². The maximum absolute atomic E-state index is 11.3. The van der Waals surface area contributed by atoms with Crippen molar-refractivity contribution in [3.05, 3.63) is 40.4 Å². The second-order valence-electron chi connectivity index (χ2n) is 4.00. The normalized spacial score (nSPS) is 11.1. The van der Waals surface area contributed by atoms with Crippen molar-refractivity contribution in [1.82, 2.24) is 5.16 Å². The average molecular weight is 277 g/mol. The summed E-state index contributed by atoms with van der Waals surface area (Å²) in [6.45, 7) is 2.71. The van der Waals surface area contributed by atoms with Crippen molar-refractivity contribution >= 4 is 11.4 Å². The number of aromatic nitrogens is 1. The van der Waals surface area contributed by atoms with Gasteiger partial charge < -0.3 is 14.0 Å². The van der Waals surface area contributed by atoms with Crippen LogP contribution in [0.2, 0.25) is 0 Å². The summed E-state index contributed by atoms with van der Waals surface area (Å²) < 4.78 is 14.9. The molecule has 0 spiro atoms. The van der Waals surface area contributed by atoms with E-state index in [4.69, 9.17) is 9.47 Å². The predicted octanol–water partition coefficient (Wildman–Crippen LogP) is 2.72. The van der Waals surface area contributed by atoms with Crippen molar-refractivity contribution in [3.8, 4) is 5.75 Å². The van der Waals surface area contributed by atoms with E-state index in [0.717, 1.165) is 5.75 Å². The van der Waals surface area contributed by atoms with Gasteiger partial charge in [0.05, 0.1) is 18.0 Å². The molecule has 1 N–H and O–H groups in total. The van der Waals surface area contributed by atoms with Crippen LogP contribution in [-0.4, -0.2) is 25.5 Å². The van der Waals surface area contributed by atoms with Gasteiger partial charge in [-0.1, -0.05) is 0 Å². The van der Waals surface area contributed by atoms with Crippen molar-refractivity contribution in [2.24, 2.45) is 10.2 Å². The van der Waals surface area contributed by atoms with Crippen molar-refractivity contribution in [2.45, 2.75) is 6.92 Å². The fourth-order valence-corrected chi connectivity index (χ4v) is 1.45. The molecule has 0 saturated heterocycles. The van der Waals surface area contributed by atoms with Gasteiger partial charge in [-0.15, -0.1) is 5.11 Å². The number of methoxy groups -OCH3 is 1. The van der Waals surface area contributed by atoms with Gasteiger partial charge in [-0.05, 0) is 31.2 Å². The van der Waals surface area contributed by atoms with Gasteiger partial charge in [0.15, 0.2) is 5.69 Å². The third-order valence-electron chi connectivity index (χ3n) is 2.50. The molecule has 1 heterocycles. The molecule has 0 saturated carbocycles. The Kier molecular flexibility index (Phi) is 4.67. The molecule has 106 valence electrons. The molecule has 0 radical (unpaired) electrons. The lowest BCUT2D eigenvalue weighted by Gasteiger charge is -2.04. The van der Waals surface area contributed by atoms with E-state index >= 15 is 0 Å². The summed E-state index contributed by atoms with van der Waals surface area (Å²) in [4.78, 5) is 11.3. The highest BCUT2D eigenvalue weighted by Gasteiger charge is 2.06. The summed E-state index contributed by atoms with van der Waals surface area (Å²) in [5.74, 6) is 0.721. The lowest BCUT2D eigenvalue weighted by molar-refractivity contribution is 0.146. The van der Waals surface area contributed by atoms with E-state index in [1.165, 1.54) is 0 Å². The topological polar surface area (TPSA) is 89.2 Å². The first-order chi connectivity index (χ1) is 9.70. The molecule has 0 atom stereocenters. The Hall–Kier alpha value is -2.41. The van der Waals surface area contributed by atoms with Gasteiger partial charge in [0.25, 0.3) is 0 Å². The summed E-state index contributed by atoms with van der Waals surface area (Å²) in [5.41, 5.74) is 0.790. The van der Waals surface area contributed by atoms with E-state index in [1.54, 1.807) is 38.3 Å². The molecular formula is C13H15N3O4. The highest BCUT2D eigenvalue weighted by molar-refractivity contribution is 5.42. The Labute approximate surface area is 115 Å². The maximum atomic E-state index is 11.3. The first kappa shape index (κ1) is 14.0. The standard InChI is InChI=1S/C13H15N3O4/c1-9-12(13(17)20-16-9)15-14-10-3-5-11(6-4-10)19-8-7-18-2/h3-6,16H,7-8H2,1-2H3. The first-order valence-electron chi connectivity index (χ1n) is 6.02. The number of hydrogen-bond donors (Lipinski definition) is 1. The molecule has 0 aliphatic carbocycles. The zero-order chi connectivity index (χ0) is 14.4. The van der Waals surface area contributed by atoms with Crippen LogP contribution in [0.5, 0.6) is 5.75 Å². The van der Waals surface area contributed by atoms with E-state index in [-0.39, 0.29) is 5.69 Å². The predicted molar refractivity (Wildman–Crippen MR) is 72.1 cm³/mol. The smallest absolute Gasteiger partial charge is 0.384 e. The van der Waals surface area contributed by atoms with Crippen LogP contribution in [0.25, 0.3) is 0 Å². The number of hydrogen-bond acceptors (Lipinski definition) is 6. The van der Waals surface area contributed by atoms with Crippen LogP contribution in [0, 0.1) is 6.92 Å². The monoisotopic (exact) mass is 277 g/mol. The van der Waals surface area contributed by atoms with Gasteiger partial charge in [-0.25, -0.2) is 9.95 Å². The van der Waals surface area contributed by atoms with Crippen LogP contribution < -0.4 is 10.4 Å². The number of benzene rings is 1. The molecular weight excluding hydrogens is 262 g/mol. The van der Waals surface area contributed by atoms with Crippen LogP contribution in [0.1, 0.15) is 5.69 Å². The highest BCUT2D eigenvalue weighted by atomic mass is 16.5. The van der Waals surface area contributed by atoms with Crippen molar-refractivity contribution in [2.75, 3.05) is 20.3 Å². The number of rotatable bonds is 6. The van der Waals surface area contributed by atoms with Crippen molar-refractivity contribution < 1.29 is 14.0 Å². The number of nitrogens with zero attached hydrogens (tertiary/aromatic N) is 2. The zero-order valence-electron chi connectivity index (χ0n) is 11.3. The summed E-state index contributed by atoms with van der Waals surface area (Å²) >= 11 is 0. The summed E-state index contributed by atoms with van der Waals surface area (Å²) in [6, 6.07) is 7.04. The number of H-pyrrole nitrogens is 1. The minimum atomic E-state index is -0.536. The first-order valence-corrected chi connectivity index (χ1v) is 6.02. The molecule has 2 rings (SSSR count). The van der Waals surface area contributed by atoms with Crippen LogP contribution >= 0.6 is 0 Å². The Morgan fingerprint density at radius 3 is 2.55 bits per heavy atom. The lowest BCUT2D eigenvalue weighted by Crippen LogP contribution is -2.03. The second-order valence-corrected chi connectivity index (χ2v) is 4.00. The van der Waals surface area contributed by atoms with Crippen molar-refractivity contribution in [1.29, 1.82) is 0 Å². The Morgan fingerprint density at radius 2 is 1.95 bits per heavy atom. The molecule has 7 nitrogen and oxygen atoms in total. The van der Waals surface area contributed by atoms with Crippen molar-refractivity contribution in [3.63, 3.8) is 0 Å². The number of aryl methyl sites for hydroxylation is 1. The summed E-state index contributed by atoms with van der Waals surface area (Å²) in [5, 5.41) is 10.3. The Morgan fingerprint density at radius 1 is 1.20 bits per heavy atom. The fraction of sp³-hybridized carbons (Fsp3) is 0.308. The highest BCUT2D eigenvalue weighted by Crippen LogP contribution is 2.20. The molecule has 0 aliphatic rings. The number of azo groups is 1. The van der Waals surface area contributed by atoms with Gasteiger partial charge >= 0.3 is 5.63 Å². The molecule has 0 unspecified atom stereocenters. The molecule has 0 aliphatic heterocycles. The van der Waals surface area contributed by atoms with Gasteiger partial charge in [-0.2, -0.15) is 5.11 Å². The van der Waals surface area contributed by atoms with Crippen LogP contribution in [-0.2, 0) is 4.74 Å². The summed E-state index contributed by atoms with van der Waals surface area (Å²) in [6.07, 6.45) is 0. The molecule has 2 aromatic rings. The third kappa shape index (κ3) is 3.55. The van der Waals surface area contributed by atoms with E-state index < -0.39 is 5.63 Å². The molecule has 20 heavy (non-hydrogen) atoms. The van der Waals surface area contributed by atoms with Crippen LogP contribution in [0.4, 0.5) is 11.4 Å². The second kappa shape index (κ2) is 6.67. The molecule has 0 amide bonds. The van der Waals surface area contributed by atoms with Gasteiger partial charge in [0, 0.05) is 7.11 Å². The lowest BCUT2D eigenvalue weighted by atomic mass is 10.3. The fourth-order valence-electron chi connectivity index (χ4n) is 1.45. The molecule has 7 heteroatoms. The zero-order valence-corrected chi connectivity index (χ0v) is 11.3. The average Bonchev–Trinajstić information content (AvgIpc) is 2.78. The molecule has 0 bridgehead atoms. The molecule has 0 fully saturated rings. The van der Waals surface area contributed by atoms with E-state index in [2.05, 4.69) is 19.9 Å². The largest absolute Gasteiger partial charge is 0.491 e. The Balaban J connectivity index is 2.02.